The molecule has 0 aliphatic rings. The van der Waals surface area contributed by atoms with Gasteiger partial charge in [-0.2, -0.15) is 0 Å². The molecule has 0 saturated carbocycles. The van der Waals surface area contributed by atoms with E-state index in [2.05, 4.69) is 4.72 Å². The Labute approximate surface area is 131 Å². The maximum atomic E-state index is 13.3. The summed E-state index contributed by atoms with van der Waals surface area (Å²) < 4.78 is 40.1. The summed E-state index contributed by atoms with van der Waals surface area (Å²) >= 11 is 0. The highest BCUT2D eigenvalue weighted by Crippen LogP contribution is 2.20. The first-order chi connectivity index (χ1) is 10.7. The van der Waals surface area contributed by atoms with E-state index in [4.69, 9.17) is 5.11 Å². The van der Waals surface area contributed by atoms with Crippen molar-refractivity contribution in [3.05, 3.63) is 59.4 Å². The highest BCUT2D eigenvalue weighted by atomic mass is 32.2. The lowest BCUT2D eigenvalue weighted by atomic mass is 10.1. The number of carboxylic acid groups (broad SMARTS) is 1. The normalized spacial score (nSPS) is 11.0. The van der Waals surface area contributed by atoms with Crippen LogP contribution in [0.25, 0.3) is 0 Å². The zero-order valence-corrected chi connectivity index (χ0v) is 12.7. The van der Waals surface area contributed by atoms with Crippen LogP contribution in [0.1, 0.15) is 27.6 Å². The lowest BCUT2D eigenvalue weighted by molar-refractivity contribution is 0.0691. The largest absolute Gasteiger partial charge is 0.478 e. The quantitative estimate of drug-likeness (QED) is 0.817. The number of anilines is 1. The molecule has 0 saturated heterocycles. The number of ketones is 1. The standard InChI is InChI=1S/C15H12FNO5S/c1-9(18)10-3-2-4-11(7-10)17-23(21,22)12-5-6-14(16)13(8-12)15(19)20/h2-8,17H,1H3,(H,19,20). The highest BCUT2D eigenvalue weighted by molar-refractivity contribution is 7.92. The number of carboxylic acids is 1. The Kier molecular flexibility index (Phi) is 4.46. The molecular weight excluding hydrogens is 325 g/mol. The van der Waals surface area contributed by atoms with Gasteiger partial charge in [-0.25, -0.2) is 17.6 Å². The molecule has 2 N–H and O–H groups in total. The van der Waals surface area contributed by atoms with Crippen LogP contribution < -0.4 is 4.72 Å². The summed E-state index contributed by atoms with van der Waals surface area (Å²) in [6, 6.07) is 8.27. The molecule has 0 heterocycles. The molecule has 6 nitrogen and oxygen atoms in total. The van der Waals surface area contributed by atoms with Crippen LogP contribution in [0.5, 0.6) is 0 Å². The number of benzene rings is 2. The Morgan fingerprint density at radius 2 is 1.83 bits per heavy atom. The van der Waals surface area contributed by atoms with Crippen molar-refractivity contribution in [3.8, 4) is 0 Å². The fraction of sp³-hybridized carbons (Fsp3) is 0.0667. The minimum absolute atomic E-state index is 0.138. The van der Waals surface area contributed by atoms with Gasteiger partial charge in [0.25, 0.3) is 10.0 Å². The number of sulfonamides is 1. The number of hydrogen-bond acceptors (Lipinski definition) is 4. The van der Waals surface area contributed by atoms with Crippen LogP contribution >= 0.6 is 0 Å². The fourth-order valence-corrected chi connectivity index (χ4v) is 2.93. The lowest BCUT2D eigenvalue weighted by Crippen LogP contribution is -2.14. The number of carbonyl (C=O) groups is 2. The first kappa shape index (κ1) is 16.6. The van der Waals surface area contributed by atoms with E-state index in [0.717, 1.165) is 18.2 Å². The van der Waals surface area contributed by atoms with Crippen molar-refractivity contribution < 1.29 is 27.5 Å². The number of carbonyl (C=O) groups excluding carboxylic acids is 1. The third-order valence-corrected chi connectivity index (χ3v) is 4.38. The minimum Gasteiger partial charge on any atom is -0.478 e. The molecule has 23 heavy (non-hydrogen) atoms. The summed E-state index contributed by atoms with van der Waals surface area (Å²) in [4.78, 5) is 21.8. The van der Waals surface area contributed by atoms with Gasteiger partial charge in [0.05, 0.1) is 10.5 Å². The molecule has 0 amide bonds. The van der Waals surface area contributed by atoms with Gasteiger partial charge in [-0.3, -0.25) is 9.52 Å². The van der Waals surface area contributed by atoms with Gasteiger partial charge < -0.3 is 5.11 Å². The first-order valence-corrected chi connectivity index (χ1v) is 7.85. The molecule has 0 radical (unpaired) electrons. The molecule has 2 aromatic rings. The average molecular weight is 337 g/mol. The number of rotatable bonds is 5. The van der Waals surface area contributed by atoms with Crippen LogP contribution in [0.4, 0.5) is 10.1 Å². The van der Waals surface area contributed by atoms with Crippen LogP contribution in [0.3, 0.4) is 0 Å². The van der Waals surface area contributed by atoms with E-state index in [0.29, 0.717) is 5.56 Å². The van der Waals surface area contributed by atoms with Gasteiger partial charge in [-0.15, -0.1) is 0 Å². The zero-order chi connectivity index (χ0) is 17.2. The van der Waals surface area contributed by atoms with Crippen molar-refractivity contribution in [2.45, 2.75) is 11.8 Å². The van der Waals surface area contributed by atoms with E-state index in [1.54, 1.807) is 0 Å². The number of Topliss-reactive ketones (excluding diaryl/α,β-unsaturated/α-hetero) is 1. The van der Waals surface area contributed by atoms with E-state index in [1.165, 1.54) is 31.2 Å². The molecule has 0 aliphatic carbocycles. The van der Waals surface area contributed by atoms with Gasteiger partial charge in [-0.05, 0) is 37.3 Å². The van der Waals surface area contributed by atoms with E-state index in [-0.39, 0.29) is 11.5 Å². The van der Waals surface area contributed by atoms with Gasteiger partial charge in [0.2, 0.25) is 0 Å². The maximum absolute atomic E-state index is 13.3. The van der Waals surface area contributed by atoms with Gasteiger partial charge in [0.1, 0.15) is 5.82 Å². The van der Waals surface area contributed by atoms with Gasteiger partial charge in [0, 0.05) is 11.3 Å². The smallest absolute Gasteiger partial charge is 0.338 e. The molecule has 0 bridgehead atoms. The first-order valence-electron chi connectivity index (χ1n) is 6.37. The molecule has 2 rings (SSSR count). The number of nitrogens with one attached hydrogen (secondary N) is 1. The predicted molar refractivity (Wildman–Crippen MR) is 80.6 cm³/mol. The Hall–Kier alpha value is -2.74. The molecule has 0 fully saturated rings. The molecule has 0 spiro atoms. The van der Waals surface area contributed by atoms with Crippen molar-refractivity contribution in [2.24, 2.45) is 0 Å². The second-order valence-electron chi connectivity index (χ2n) is 4.69. The summed E-state index contributed by atoms with van der Waals surface area (Å²) in [5.41, 5.74) is -0.292. The van der Waals surface area contributed by atoms with Gasteiger partial charge >= 0.3 is 5.97 Å². The number of aromatic carboxylic acids is 1. The Bertz CT molecular complexity index is 892. The molecular formula is C15H12FNO5S. The second kappa shape index (κ2) is 6.17. The van der Waals surface area contributed by atoms with Crippen molar-refractivity contribution in [1.29, 1.82) is 0 Å². The van der Waals surface area contributed by atoms with Crippen molar-refractivity contribution >= 4 is 27.5 Å². The number of halogens is 1. The molecule has 2 aromatic carbocycles. The Morgan fingerprint density at radius 1 is 1.13 bits per heavy atom. The second-order valence-corrected chi connectivity index (χ2v) is 6.37. The van der Waals surface area contributed by atoms with E-state index in [9.17, 15) is 22.4 Å². The topological polar surface area (TPSA) is 101 Å². The van der Waals surface area contributed by atoms with Crippen molar-refractivity contribution in [3.63, 3.8) is 0 Å². The third-order valence-electron chi connectivity index (χ3n) is 3.00. The van der Waals surface area contributed by atoms with Crippen LogP contribution in [-0.2, 0) is 10.0 Å². The predicted octanol–water partition coefficient (Wildman–Crippen LogP) is 2.53. The Morgan fingerprint density at radius 3 is 2.43 bits per heavy atom. The molecule has 0 aromatic heterocycles. The summed E-state index contributed by atoms with van der Waals surface area (Å²) in [5.74, 6) is -2.84. The van der Waals surface area contributed by atoms with Crippen LogP contribution in [0, 0.1) is 5.82 Å². The van der Waals surface area contributed by atoms with Crippen molar-refractivity contribution in [2.75, 3.05) is 4.72 Å². The summed E-state index contributed by atoms with van der Waals surface area (Å²) in [6.07, 6.45) is 0. The lowest BCUT2D eigenvalue weighted by Gasteiger charge is -2.09. The van der Waals surface area contributed by atoms with Gasteiger partial charge in [0.15, 0.2) is 5.78 Å². The third kappa shape index (κ3) is 3.72. The van der Waals surface area contributed by atoms with Crippen LogP contribution in [-0.4, -0.2) is 25.3 Å². The minimum atomic E-state index is -4.12. The average Bonchev–Trinajstić information content (AvgIpc) is 2.46. The molecule has 0 unspecified atom stereocenters. The van der Waals surface area contributed by atoms with E-state index >= 15 is 0 Å². The van der Waals surface area contributed by atoms with Gasteiger partial charge in [-0.1, -0.05) is 12.1 Å². The summed E-state index contributed by atoms with van der Waals surface area (Å²) in [6.45, 7) is 1.34. The SMILES string of the molecule is CC(=O)c1cccc(NS(=O)(=O)c2ccc(F)c(C(=O)O)c2)c1. The van der Waals surface area contributed by atoms with E-state index in [1.807, 2.05) is 0 Å². The molecule has 8 heteroatoms. The molecule has 120 valence electrons. The monoisotopic (exact) mass is 337 g/mol. The van der Waals surface area contributed by atoms with E-state index < -0.39 is 32.3 Å². The molecule has 0 atom stereocenters. The molecule has 0 aliphatic heterocycles. The van der Waals surface area contributed by atoms with Crippen molar-refractivity contribution in [1.82, 2.24) is 0 Å². The summed E-state index contributed by atoms with van der Waals surface area (Å²) in [7, 11) is -4.12. The fourth-order valence-electron chi connectivity index (χ4n) is 1.85. The highest BCUT2D eigenvalue weighted by Gasteiger charge is 2.19. The zero-order valence-electron chi connectivity index (χ0n) is 11.9. The Balaban J connectivity index is 2.40. The number of hydrogen-bond donors (Lipinski definition) is 2. The summed E-state index contributed by atoms with van der Waals surface area (Å²) in [5, 5.41) is 8.85. The maximum Gasteiger partial charge on any atom is 0.338 e. The van der Waals surface area contributed by atoms with Crippen LogP contribution in [0.2, 0.25) is 0 Å². The van der Waals surface area contributed by atoms with Crippen LogP contribution in [0.15, 0.2) is 47.4 Å².